The molecule has 4 aliphatic rings. The number of Topliss-reactive ketones (excluding diaryl/α,β-unsaturated/α-hetero) is 1. The fourth-order valence-electron chi connectivity index (χ4n) is 6.07. The molecule has 2 fully saturated rings. The van der Waals surface area contributed by atoms with Gasteiger partial charge in [-0.1, -0.05) is 6.08 Å². The number of likely N-dealkylation sites (tertiary alicyclic amines) is 1. The predicted octanol–water partition coefficient (Wildman–Crippen LogP) is 1.61. The number of rotatable bonds is 2. The molecule has 0 radical (unpaired) electrons. The fourth-order valence-corrected chi connectivity index (χ4v) is 6.07. The Balaban J connectivity index is 1.82. The third-order valence-corrected chi connectivity index (χ3v) is 7.08. The fraction of sp³-hybridized carbons (Fsp3) is 0.550. The van der Waals surface area contributed by atoms with Gasteiger partial charge in [0.25, 0.3) is 0 Å². The minimum Gasteiger partial charge on any atom is -0.504 e. The molecule has 1 saturated heterocycles. The summed E-state index contributed by atoms with van der Waals surface area (Å²) in [4.78, 5) is 15.0. The molecule has 2 aliphatic heterocycles. The van der Waals surface area contributed by atoms with Gasteiger partial charge in [-0.05, 0) is 43.4 Å². The molecule has 5 heteroatoms. The van der Waals surface area contributed by atoms with Crippen molar-refractivity contribution in [2.45, 2.75) is 55.8 Å². The largest absolute Gasteiger partial charge is 0.504 e. The number of carbonyl (C=O) groups is 1. The van der Waals surface area contributed by atoms with Crippen molar-refractivity contribution in [3.05, 3.63) is 35.4 Å². The molecule has 132 valence electrons. The Morgan fingerprint density at radius 3 is 3.04 bits per heavy atom. The Hall–Kier alpha value is -1.85. The summed E-state index contributed by atoms with van der Waals surface area (Å²) in [5, 5.41) is 22.4. The lowest BCUT2D eigenvalue weighted by Gasteiger charge is -2.62. The Kier molecular flexibility index (Phi) is 2.87. The molecule has 0 unspecified atom stereocenters. The van der Waals surface area contributed by atoms with Gasteiger partial charge in [0.15, 0.2) is 23.4 Å². The number of phenols is 1. The maximum Gasteiger partial charge on any atom is 0.174 e. The van der Waals surface area contributed by atoms with E-state index in [2.05, 4.69) is 11.5 Å². The zero-order chi connectivity index (χ0) is 17.6. The Bertz CT molecular complexity index is 818. The van der Waals surface area contributed by atoms with Gasteiger partial charge in [0.05, 0.1) is 11.0 Å². The van der Waals surface area contributed by atoms with E-state index in [1.54, 1.807) is 6.07 Å². The topological polar surface area (TPSA) is 70.0 Å². The molecule has 2 N–H and O–H groups in total. The maximum absolute atomic E-state index is 12.7. The summed E-state index contributed by atoms with van der Waals surface area (Å²) in [5.41, 5.74) is 1.31. The number of ether oxygens (including phenoxy) is 1. The van der Waals surface area contributed by atoms with E-state index < -0.39 is 17.1 Å². The van der Waals surface area contributed by atoms with Crippen LogP contribution < -0.4 is 4.74 Å². The number of phenolic OH excluding ortho intramolecular Hbond substituents is 1. The second-order valence-electron chi connectivity index (χ2n) is 8.01. The first-order chi connectivity index (χ1) is 11.9. The number of benzene rings is 1. The van der Waals surface area contributed by atoms with E-state index in [0.717, 1.165) is 29.8 Å². The van der Waals surface area contributed by atoms with Crippen molar-refractivity contribution < 1.29 is 19.7 Å². The van der Waals surface area contributed by atoms with Crippen LogP contribution in [0.3, 0.4) is 0 Å². The molecular weight excluding hydrogens is 318 g/mol. The van der Waals surface area contributed by atoms with Crippen LogP contribution in [0.15, 0.2) is 18.7 Å². The summed E-state index contributed by atoms with van der Waals surface area (Å²) in [6, 6.07) is 1.67. The molecule has 1 aromatic rings. The van der Waals surface area contributed by atoms with Crippen molar-refractivity contribution >= 4 is 5.78 Å². The van der Waals surface area contributed by atoms with E-state index in [0.29, 0.717) is 31.4 Å². The van der Waals surface area contributed by atoms with Gasteiger partial charge in [-0.2, -0.15) is 0 Å². The van der Waals surface area contributed by atoms with Gasteiger partial charge in [-0.15, -0.1) is 6.58 Å². The second kappa shape index (κ2) is 4.65. The van der Waals surface area contributed by atoms with Gasteiger partial charge >= 0.3 is 0 Å². The van der Waals surface area contributed by atoms with Crippen molar-refractivity contribution in [2.75, 3.05) is 13.1 Å². The smallest absolute Gasteiger partial charge is 0.174 e. The number of hydrogen-bond acceptors (Lipinski definition) is 5. The number of carbonyl (C=O) groups excluding carboxylic acids is 1. The average Bonchev–Trinajstić information content (AvgIpc) is 2.91. The van der Waals surface area contributed by atoms with E-state index in [-0.39, 0.29) is 17.6 Å². The van der Waals surface area contributed by atoms with Gasteiger partial charge in [-0.25, -0.2) is 0 Å². The molecule has 5 rings (SSSR count). The second-order valence-corrected chi connectivity index (χ2v) is 8.01. The number of nitrogens with zero attached hydrogens (tertiary/aromatic N) is 1. The van der Waals surface area contributed by atoms with Gasteiger partial charge in [0.2, 0.25) is 0 Å². The lowest BCUT2D eigenvalue weighted by atomic mass is 9.48. The number of aromatic hydroxyl groups is 1. The predicted molar refractivity (Wildman–Crippen MR) is 92.0 cm³/mol. The highest BCUT2D eigenvalue weighted by atomic mass is 16.5. The van der Waals surface area contributed by atoms with Crippen molar-refractivity contribution in [2.24, 2.45) is 0 Å². The monoisotopic (exact) mass is 341 g/mol. The highest BCUT2D eigenvalue weighted by Gasteiger charge is 2.73. The van der Waals surface area contributed by atoms with Crippen LogP contribution in [0.5, 0.6) is 11.5 Å². The maximum atomic E-state index is 12.7. The van der Waals surface area contributed by atoms with Crippen LogP contribution in [-0.2, 0) is 16.6 Å². The van der Waals surface area contributed by atoms with E-state index in [1.165, 1.54) is 0 Å². The first-order valence-electron chi connectivity index (χ1n) is 9.06. The molecule has 2 heterocycles. The van der Waals surface area contributed by atoms with Crippen molar-refractivity contribution in [1.82, 2.24) is 4.90 Å². The van der Waals surface area contributed by atoms with E-state index in [9.17, 15) is 15.0 Å². The minimum absolute atomic E-state index is 0.0432. The molecule has 2 aliphatic carbocycles. The molecule has 2 bridgehead atoms. The Morgan fingerprint density at radius 2 is 2.28 bits per heavy atom. The number of piperidine rings is 1. The number of aliphatic hydroxyl groups is 1. The Labute approximate surface area is 146 Å². The molecule has 5 nitrogen and oxygen atoms in total. The first-order valence-corrected chi connectivity index (χ1v) is 9.06. The standard InChI is InChI=1S/C20H23NO4/c1-3-7-21-8-6-19-16-12-10-15(21)20(19,24)5-4-13(22)18(19)25-17(16)14(23)9-11(12)2/h3,9,15,18,23-24H,1,4-8,10H2,2H3/t15-,18+,19+,20-/m1/s1. The molecule has 1 spiro atoms. The van der Waals surface area contributed by atoms with Crippen molar-refractivity contribution in [3.8, 4) is 11.5 Å². The number of hydrogen-bond donors (Lipinski definition) is 2. The highest BCUT2D eigenvalue weighted by Crippen LogP contribution is 2.65. The summed E-state index contributed by atoms with van der Waals surface area (Å²) >= 11 is 0. The summed E-state index contributed by atoms with van der Waals surface area (Å²) in [6.45, 7) is 7.36. The third-order valence-electron chi connectivity index (χ3n) is 7.08. The molecular formula is C20H23NO4. The van der Waals surface area contributed by atoms with E-state index >= 15 is 0 Å². The van der Waals surface area contributed by atoms with E-state index in [4.69, 9.17) is 4.74 Å². The summed E-state index contributed by atoms with van der Waals surface area (Å²) in [7, 11) is 0. The first kappa shape index (κ1) is 15.4. The molecule has 0 aromatic heterocycles. The van der Waals surface area contributed by atoms with Crippen molar-refractivity contribution in [3.63, 3.8) is 0 Å². The highest BCUT2D eigenvalue weighted by molar-refractivity contribution is 5.90. The molecule has 1 saturated carbocycles. The molecule has 0 amide bonds. The van der Waals surface area contributed by atoms with Gasteiger partial charge in [0.1, 0.15) is 0 Å². The molecule has 1 aromatic carbocycles. The lowest BCUT2D eigenvalue weighted by Crippen LogP contribution is -2.76. The SMILES string of the molecule is C=CCN1CC[C@]23c4c5c(C)cc(O)c4O[C@H]2C(=O)CC[C@@]3(O)[C@H]1C5. The molecule has 4 atom stereocenters. The van der Waals surface area contributed by atoms with Crippen LogP contribution in [0, 0.1) is 6.92 Å². The van der Waals surface area contributed by atoms with E-state index in [1.807, 2.05) is 13.0 Å². The van der Waals surface area contributed by atoms with Gasteiger partial charge < -0.3 is 14.9 Å². The normalized spacial score (nSPS) is 38.2. The quantitative estimate of drug-likeness (QED) is 0.800. The Morgan fingerprint density at radius 1 is 1.48 bits per heavy atom. The van der Waals surface area contributed by atoms with Crippen LogP contribution in [0.25, 0.3) is 0 Å². The van der Waals surface area contributed by atoms with Crippen LogP contribution in [0.1, 0.15) is 36.0 Å². The van der Waals surface area contributed by atoms with Gasteiger partial charge in [-0.3, -0.25) is 9.69 Å². The summed E-state index contributed by atoms with van der Waals surface area (Å²) in [5.74, 6) is 0.554. The van der Waals surface area contributed by atoms with Crippen LogP contribution in [0.2, 0.25) is 0 Å². The average molecular weight is 341 g/mol. The number of aryl methyl sites for hydroxylation is 1. The zero-order valence-corrected chi connectivity index (χ0v) is 14.4. The lowest BCUT2D eigenvalue weighted by molar-refractivity contribution is -0.187. The third kappa shape index (κ3) is 1.55. The minimum atomic E-state index is -1.01. The summed E-state index contributed by atoms with van der Waals surface area (Å²) < 4.78 is 6.04. The molecule has 25 heavy (non-hydrogen) atoms. The van der Waals surface area contributed by atoms with Crippen LogP contribution >= 0.6 is 0 Å². The van der Waals surface area contributed by atoms with Crippen LogP contribution in [-0.4, -0.2) is 51.7 Å². The number of ketones is 1. The van der Waals surface area contributed by atoms with Crippen molar-refractivity contribution in [1.29, 1.82) is 0 Å². The zero-order valence-electron chi connectivity index (χ0n) is 14.4. The van der Waals surface area contributed by atoms with Gasteiger partial charge in [0, 0.05) is 31.1 Å². The van der Waals surface area contributed by atoms with Crippen LogP contribution in [0.4, 0.5) is 0 Å². The summed E-state index contributed by atoms with van der Waals surface area (Å²) in [6.07, 6.45) is 3.35.